The van der Waals surface area contributed by atoms with Gasteiger partial charge < -0.3 is 19.1 Å². The number of benzene rings is 2. The van der Waals surface area contributed by atoms with Crippen molar-refractivity contribution in [2.75, 3.05) is 58.6 Å². The molecule has 4 aromatic rings. The lowest BCUT2D eigenvalue weighted by Gasteiger charge is -2.40. The van der Waals surface area contributed by atoms with Crippen LogP contribution in [0.5, 0.6) is 11.8 Å². The number of amides is 2. The summed E-state index contributed by atoms with van der Waals surface area (Å²) in [6.45, 7) is 5.26. The predicted octanol–water partition coefficient (Wildman–Crippen LogP) is 5.45. The molecule has 5 heterocycles. The van der Waals surface area contributed by atoms with Crippen molar-refractivity contribution in [2.24, 2.45) is 5.92 Å². The monoisotopic (exact) mass is 706 g/mol. The summed E-state index contributed by atoms with van der Waals surface area (Å²) >= 11 is 0. The molecule has 3 saturated heterocycles. The Kier molecular flexibility index (Phi) is 9.48. The van der Waals surface area contributed by atoms with Gasteiger partial charge in [-0.25, -0.2) is 13.2 Å². The Bertz CT molecular complexity index is 2010. The fourth-order valence-corrected chi connectivity index (χ4v) is 7.83. The lowest BCUT2D eigenvalue weighted by atomic mass is 9.94. The Morgan fingerprint density at radius 1 is 1.12 bits per heavy atom. The van der Waals surface area contributed by atoms with Crippen LogP contribution in [0.15, 0.2) is 30.5 Å². The van der Waals surface area contributed by atoms with Crippen molar-refractivity contribution in [2.45, 2.75) is 57.7 Å². The van der Waals surface area contributed by atoms with Crippen molar-refractivity contribution in [3.8, 4) is 23.0 Å². The molecule has 3 fully saturated rings. The number of fused-ring (bicyclic) bond motifs is 3. The number of ether oxygens (including phenoxy) is 3. The van der Waals surface area contributed by atoms with Gasteiger partial charge in [0, 0.05) is 71.2 Å². The van der Waals surface area contributed by atoms with Gasteiger partial charge in [-0.3, -0.25) is 24.4 Å². The molecule has 0 aliphatic carbocycles. The first kappa shape index (κ1) is 34.9. The summed E-state index contributed by atoms with van der Waals surface area (Å²) in [5, 5.41) is 1.48. The summed E-state index contributed by atoms with van der Waals surface area (Å²) in [5.74, 6) is -1.07. The molecule has 14 heteroatoms. The van der Waals surface area contributed by atoms with Crippen LogP contribution in [-0.2, 0) is 20.7 Å². The van der Waals surface area contributed by atoms with Crippen LogP contribution in [0, 0.1) is 17.6 Å². The molecule has 0 N–H and O–H groups in total. The quantitative estimate of drug-likeness (QED) is 0.187. The first-order chi connectivity index (χ1) is 24.5. The Labute approximate surface area is 293 Å². The summed E-state index contributed by atoms with van der Waals surface area (Å²) < 4.78 is 63.8. The maximum Gasteiger partial charge on any atom is 0.319 e. The van der Waals surface area contributed by atoms with Crippen molar-refractivity contribution in [1.29, 1.82) is 0 Å². The minimum Gasteiger partial charge on any atom is -0.468 e. The number of hydrogen-bond acceptors (Lipinski definition) is 10. The summed E-state index contributed by atoms with van der Waals surface area (Å²) in [5.41, 5.74) is 0.163. The van der Waals surface area contributed by atoms with Crippen molar-refractivity contribution in [1.82, 2.24) is 24.8 Å². The van der Waals surface area contributed by atoms with Crippen molar-refractivity contribution in [3.63, 3.8) is 0 Å². The fourth-order valence-electron chi connectivity index (χ4n) is 7.83. The highest BCUT2D eigenvalue weighted by molar-refractivity contribution is 6.02. The number of aromatic nitrogens is 3. The maximum atomic E-state index is 17.0. The molecule has 7 rings (SSSR count). The highest BCUT2D eigenvalue weighted by Crippen LogP contribution is 2.42. The Morgan fingerprint density at radius 2 is 1.92 bits per heavy atom. The van der Waals surface area contributed by atoms with E-state index in [1.54, 1.807) is 18.2 Å². The molecular weight excluding hydrogens is 665 g/mol. The second kappa shape index (κ2) is 13.9. The molecule has 2 atom stereocenters. The van der Waals surface area contributed by atoms with Gasteiger partial charge in [0.15, 0.2) is 12.6 Å². The SMILES string of the molecule is CCc1c(F)ccc2cc(OCOC)cc(-c3ncc4c(N5CC(CC(=O)N(C)C(C)=O)C5)nc(OC[C@@]56CCCN5C[C@H](F)C6)nc4c3F)c12. The van der Waals surface area contributed by atoms with E-state index in [0.717, 1.165) is 24.3 Å². The number of pyridine rings is 1. The first-order valence-corrected chi connectivity index (χ1v) is 17.3. The van der Waals surface area contributed by atoms with Crippen molar-refractivity contribution in [3.05, 3.63) is 47.7 Å². The van der Waals surface area contributed by atoms with E-state index in [9.17, 15) is 14.0 Å². The van der Waals surface area contributed by atoms with E-state index in [1.165, 1.54) is 33.3 Å². The number of nitrogens with zero attached hydrogens (tertiary/aromatic N) is 6. The minimum absolute atomic E-state index is 0.0442. The summed E-state index contributed by atoms with van der Waals surface area (Å²) in [7, 11) is 2.94. The molecule has 0 spiro atoms. The van der Waals surface area contributed by atoms with Gasteiger partial charge in [0.2, 0.25) is 11.8 Å². The smallest absolute Gasteiger partial charge is 0.319 e. The number of hydrogen-bond donors (Lipinski definition) is 0. The predicted molar refractivity (Wildman–Crippen MR) is 184 cm³/mol. The second-order valence-electron chi connectivity index (χ2n) is 13.8. The number of methoxy groups -OCH3 is 1. The van der Waals surface area contributed by atoms with Crippen LogP contribution in [0.3, 0.4) is 0 Å². The third kappa shape index (κ3) is 6.43. The van der Waals surface area contributed by atoms with Crippen LogP contribution in [0.1, 0.15) is 45.1 Å². The first-order valence-electron chi connectivity index (χ1n) is 17.3. The van der Waals surface area contributed by atoms with Gasteiger partial charge in [-0.1, -0.05) is 13.0 Å². The molecule has 2 aromatic heterocycles. The highest BCUT2D eigenvalue weighted by Gasteiger charge is 2.49. The van der Waals surface area contributed by atoms with Crippen LogP contribution in [0.2, 0.25) is 0 Å². The average Bonchev–Trinajstić information content (AvgIpc) is 3.62. The Morgan fingerprint density at radius 3 is 2.67 bits per heavy atom. The summed E-state index contributed by atoms with van der Waals surface area (Å²) in [4.78, 5) is 43.3. The molecule has 51 heavy (non-hydrogen) atoms. The number of alkyl halides is 1. The number of anilines is 1. The molecule has 0 unspecified atom stereocenters. The van der Waals surface area contributed by atoms with Crippen molar-refractivity contribution >= 4 is 39.3 Å². The van der Waals surface area contributed by atoms with E-state index < -0.39 is 23.3 Å². The van der Waals surface area contributed by atoms with Crippen LogP contribution in [0.25, 0.3) is 32.9 Å². The Hall–Kier alpha value is -4.56. The number of carbonyl (C=O) groups excluding carboxylic acids is 2. The maximum absolute atomic E-state index is 17.0. The summed E-state index contributed by atoms with van der Waals surface area (Å²) in [6.07, 6.45) is 3.12. The molecule has 3 aliphatic heterocycles. The van der Waals surface area contributed by atoms with Gasteiger partial charge in [0.25, 0.3) is 0 Å². The molecule has 3 aliphatic rings. The molecule has 11 nitrogen and oxygen atoms in total. The van der Waals surface area contributed by atoms with Crippen LogP contribution < -0.4 is 14.4 Å². The standard InChI is InChI=1S/C37H41F3N6O5/c1-5-26-29(39)8-7-23-12-25(51-20-49-4)13-27(31(23)26)33-32(40)34-28(15-41-33)35(45-16-22(17-45)11-30(48)44(3)21(2)47)43-36(42-34)50-19-37-9-6-10-46(37)18-24(38)14-37/h7-8,12-13,15,22,24H,5-6,9-11,14,16-20H2,1-4H3/t24-,37+/m1/s1. The highest BCUT2D eigenvalue weighted by atomic mass is 19.1. The van der Waals surface area contributed by atoms with Crippen LogP contribution in [-0.4, -0.2) is 102 Å². The van der Waals surface area contributed by atoms with Gasteiger partial charge >= 0.3 is 6.01 Å². The topological polar surface area (TPSA) is 110 Å². The van der Waals surface area contributed by atoms with E-state index in [4.69, 9.17) is 19.2 Å². The molecule has 270 valence electrons. The van der Waals surface area contributed by atoms with E-state index in [0.29, 0.717) is 71.3 Å². The van der Waals surface area contributed by atoms with Gasteiger partial charge in [0.05, 0.1) is 10.9 Å². The lowest BCUT2D eigenvalue weighted by Crippen LogP contribution is -2.49. The second-order valence-corrected chi connectivity index (χ2v) is 13.8. The molecule has 0 bridgehead atoms. The fraction of sp³-hybridized carbons (Fsp3) is 0.486. The van der Waals surface area contributed by atoms with Gasteiger partial charge in [-0.05, 0) is 60.3 Å². The van der Waals surface area contributed by atoms with E-state index in [-0.39, 0.29) is 54.8 Å². The van der Waals surface area contributed by atoms with Gasteiger partial charge in [0.1, 0.15) is 41.4 Å². The Balaban J connectivity index is 1.31. The third-order valence-corrected chi connectivity index (χ3v) is 10.5. The lowest BCUT2D eigenvalue weighted by molar-refractivity contribution is -0.142. The van der Waals surface area contributed by atoms with E-state index in [1.807, 2.05) is 11.8 Å². The summed E-state index contributed by atoms with van der Waals surface area (Å²) in [6, 6.07) is 6.30. The zero-order chi connectivity index (χ0) is 36.0. The number of carbonyl (C=O) groups is 2. The molecule has 2 amide bonds. The number of rotatable bonds is 11. The van der Waals surface area contributed by atoms with Crippen LogP contribution in [0.4, 0.5) is 19.0 Å². The molecule has 2 aromatic carbocycles. The third-order valence-electron chi connectivity index (χ3n) is 10.5. The molecule has 0 radical (unpaired) electrons. The average molecular weight is 707 g/mol. The van der Waals surface area contributed by atoms with E-state index >= 15 is 8.78 Å². The normalized spacial score (nSPS) is 20.5. The number of aryl methyl sites for hydroxylation is 1. The number of imide groups is 1. The van der Waals surface area contributed by atoms with Gasteiger partial charge in [-0.15, -0.1) is 0 Å². The molecular formula is C37H41F3N6O5. The van der Waals surface area contributed by atoms with Crippen molar-refractivity contribution < 1.29 is 37.0 Å². The molecule has 0 saturated carbocycles. The van der Waals surface area contributed by atoms with E-state index in [2.05, 4.69) is 14.9 Å². The van der Waals surface area contributed by atoms with Crippen LogP contribution >= 0.6 is 0 Å². The van der Waals surface area contributed by atoms with Gasteiger partial charge in [-0.2, -0.15) is 9.97 Å². The zero-order valence-electron chi connectivity index (χ0n) is 29.2. The number of halogens is 3. The largest absolute Gasteiger partial charge is 0.468 e. The zero-order valence-corrected chi connectivity index (χ0v) is 29.2. The minimum atomic E-state index is -0.952.